The van der Waals surface area contributed by atoms with Crippen molar-refractivity contribution in [2.45, 2.75) is 18.4 Å². The lowest BCUT2D eigenvalue weighted by Crippen LogP contribution is -2.17. The zero-order valence-corrected chi connectivity index (χ0v) is 3.49. The summed E-state index contributed by atoms with van der Waals surface area (Å²) in [5.74, 6) is 2.24. The van der Waals surface area contributed by atoms with Crippen LogP contribution in [0, 0.1) is 12.3 Å². The van der Waals surface area contributed by atoms with Crippen molar-refractivity contribution in [3.8, 4) is 5.92 Å². The molecule has 1 aliphatic rings. The molecular formula is C5H6N. The van der Waals surface area contributed by atoms with E-state index in [2.05, 4.69) is 5.92 Å². The summed E-state index contributed by atoms with van der Waals surface area (Å²) < 4.78 is 0. The molecule has 0 heterocycles. The van der Waals surface area contributed by atoms with E-state index in [0.717, 1.165) is 12.8 Å². The van der Waals surface area contributed by atoms with Crippen molar-refractivity contribution in [2.75, 3.05) is 0 Å². The SMILES string of the molecule is [C]#CC1(N)CC1. The van der Waals surface area contributed by atoms with Crippen LogP contribution in [-0.2, 0) is 0 Å². The monoisotopic (exact) mass is 80.1 g/mol. The van der Waals surface area contributed by atoms with Gasteiger partial charge in [-0.05, 0) is 19.3 Å². The van der Waals surface area contributed by atoms with Crippen LogP contribution in [0.15, 0.2) is 0 Å². The molecule has 1 rings (SSSR count). The molecule has 0 aromatic carbocycles. The molecule has 31 valence electrons. The standard InChI is InChI=1S/C5H6N/c1-2-5(6)3-4-5/h3-4,6H2. The average molecular weight is 80.1 g/mol. The highest BCUT2D eigenvalue weighted by Gasteiger charge is 2.35. The maximum atomic E-state index is 6.54. The molecule has 0 amide bonds. The van der Waals surface area contributed by atoms with Crippen LogP contribution in [0.3, 0.4) is 0 Å². The number of hydrogen-bond donors (Lipinski definition) is 1. The molecule has 0 atom stereocenters. The van der Waals surface area contributed by atoms with Crippen LogP contribution in [0.25, 0.3) is 0 Å². The molecule has 2 N–H and O–H groups in total. The minimum absolute atomic E-state index is 0.292. The fourth-order valence-corrected chi connectivity index (χ4v) is 0.260. The Labute approximate surface area is 37.5 Å². The van der Waals surface area contributed by atoms with Crippen LogP contribution < -0.4 is 5.73 Å². The van der Waals surface area contributed by atoms with Crippen molar-refractivity contribution in [2.24, 2.45) is 5.73 Å². The molecule has 1 radical (unpaired) electrons. The Kier molecular flexibility index (Phi) is 0.476. The Hall–Kier alpha value is -0.480. The van der Waals surface area contributed by atoms with Gasteiger partial charge in [-0.15, -0.1) is 0 Å². The van der Waals surface area contributed by atoms with Crippen molar-refractivity contribution >= 4 is 0 Å². The van der Waals surface area contributed by atoms with Crippen LogP contribution in [0.4, 0.5) is 0 Å². The topological polar surface area (TPSA) is 26.0 Å². The van der Waals surface area contributed by atoms with Crippen molar-refractivity contribution in [1.29, 1.82) is 0 Å². The van der Waals surface area contributed by atoms with Gasteiger partial charge in [0.25, 0.3) is 0 Å². The largest absolute Gasteiger partial charge is 0.315 e. The predicted molar refractivity (Wildman–Crippen MR) is 23.3 cm³/mol. The third-order valence-electron chi connectivity index (χ3n) is 1.04. The first-order valence-electron chi connectivity index (χ1n) is 2.00. The van der Waals surface area contributed by atoms with E-state index >= 15 is 0 Å². The Balaban J connectivity index is 2.54. The summed E-state index contributed by atoms with van der Waals surface area (Å²) >= 11 is 0. The normalized spacial score (nSPS) is 25.3. The molecule has 0 aromatic heterocycles. The molecule has 0 bridgehead atoms. The smallest absolute Gasteiger partial charge is 0.0788 e. The molecule has 1 aliphatic carbocycles. The molecule has 1 saturated carbocycles. The summed E-state index contributed by atoms with van der Waals surface area (Å²) in [4.78, 5) is 0. The number of hydrogen-bond acceptors (Lipinski definition) is 1. The molecule has 0 unspecified atom stereocenters. The van der Waals surface area contributed by atoms with Gasteiger partial charge in [0, 0.05) is 0 Å². The lowest BCUT2D eigenvalue weighted by atomic mass is 10.3. The minimum Gasteiger partial charge on any atom is -0.315 e. The zero-order chi connectivity index (χ0) is 4.62. The second-order valence-corrected chi connectivity index (χ2v) is 1.78. The first-order chi connectivity index (χ1) is 2.77. The van der Waals surface area contributed by atoms with E-state index in [1.54, 1.807) is 0 Å². The molecule has 1 nitrogen and oxygen atoms in total. The highest BCUT2D eigenvalue weighted by atomic mass is 14.8. The summed E-state index contributed by atoms with van der Waals surface area (Å²) in [5.41, 5.74) is 5.06. The van der Waals surface area contributed by atoms with E-state index < -0.39 is 0 Å². The van der Waals surface area contributed by atoms with Crippen LogP contribution >= 0.6 is 0 Å². The van der Waals surface area contributed by atoms with Gasteiger partial charge >= 0.3 is 0 Å². The van der Waals surface area contributed by atoms with Crippen LogP contribution in [0.1, 0.15) is 12.8 Å². The van der Waals surface area contributed by atoms with E-state index in [1.165, 1.54) is 0 Å². The Morgan fingerprint density at radius 2 is 2.17 bits per heavy atom. The van der Waals surface area contributed by atoms with Gasteiger partial charge in [-0.25, -0.2) is 0 Å². The highest BCUT2D eigenvalue weighted by molar-refractivity contribution is 5.17. The molecule has 1 heteroatoms. The molecule has 0 spiro atoms. The Bertz CT molecular complexity index is 95.0. The minimum atomic E-state index is -0.292. The third-order valence-corrected chi connectivity index (χ3v) is 1.04. The van der Waals surface area contributed by atoms with E-state index in [0.29, 0.717) is 0 Å². The lowest BCUT2D eigenvalue weighted by Gasteiger charge is -1.87. The van der Waals surface area contributed by atoms with Crippen molar-refractivity contribution < 1.29 is 0 Å². The fraction of sp³-hybridized carbons (Fsp3) is 0.600. The van der Waals surface area contributed by atoms with Gasteiger partial charge in [0.2, 0.25) is 0 Å². The summed E-state index contributed by atoms with van der Waals surface area (Å²) in [6.07, 6.45) is 8.45. The number of nitrogens with two attached hydrogens (primary N) is 1. The van der Waals surface area contributed by atoms with Gasteiger partial charge in [0.1, 0.15) is 0 Å². The van der Waals surface area contributed by atoms with E-state index in [1.807, 2.05) is 0 Å². The van der Waals surface area contributed by atoms with Gasteiger partial charge in [0.05, 0.1) is 5.54 Å². The van der Waals surface area contributed by atoms with E-state index in [9.17, 15) is 0 Å². The molecule has 0 aromatic rings. The van der Waals surface area contributed by atoms with Gasteiger partial charge in [-0.3, -0.25) is 0 Å². The predicted octanol–water partition coefficient (Wildman–Crippen LogP) is 0.0675. The van der Waals surface area contributed by atoms with Gasteiger partial charge in [0.15, 0.2) is 0 Å². The van der Waals surface area contributed by atoms with E-state index in [-0.39, 0.29) is 5.54 Å². The van der Waals surface area contributed by atoms with Crippen molar-refractivity contribution in [1.82, 2.24) is 0 Å². The van der Waals surface area contributed by atoms with Crippen LogP contribution in [0.5, 0.6) is 0 Å². The molecule has 0 saturated heterocycles. The molecule has 1 fully saturated rings. The van der Waals surface area contributed by atoms with Crippen molar-refractivity contribution in [3.63, 3.8) is 0 Å². The maximum Gasteiger partial charge on any atom is 0.0788 e. The first kappa shape index (κ1) is 3.70. The lowest BCUT2D eigenvalue weighted by molar-refractivity contribution is 0.889. The fourth-order valence-electron chi connectivity index (χ4n) is 0.260. The van der Waals surface area contributed by atoms with Gasteiger partial charge in [-0.2, -0.15) is 0 Å². The Morgan fingerprint density at radius 3 is 2.17 bits per heavy atom. The van der Waals surface area contributed by atoms with E-state index in [4.69, 9.17) is 12.2 Å². The van der Waals surface area contributed by atoms with Gasteiger partial charge in [-0.1, -0.05) is 5.92 Å². The van der Waals surface area contributed by atoms with Crippen molar-refractivity contribution in [3.05, 3.63) is 6.42 Å². The van der Waals surface area contributed by atoms with Crippen LogP contribution in [0.2, 0.25) is 0 Å². The third kappa shape index (κ3) is 0.395. The van der Waals surface area contributed by atoms with Crippen LogP contribution in [-0.4, -0.2) is 5.54 Å². The maximum absolute atomic E-state index is 6.54. The average Bonchev–Trinajstić information content (AvgIpc) is 2.22. The summed E-state index contributed by atoms with van der Waals surface area (Å²) in [6, 6.07) is 0. The van der Waals surface area contributed by atoms with Gasteiger partial charge < -0.3 is 5.73 Å². The second-order valence-electron chi connectivity index (χ2n) is 1.78. The second kappa shape index (κ2) is 0.772. The number of rotatable bonds is 0. The summed E-state index contributed by atoms with van der Waals surface area (Å²) in [5, 5.41) is 0. The Morgan fingerprint density at radius 1 is 1.67 bits per heavy atom. The molecule has 0 aliphatic heterocycles. The quantitative estimate of drug-likeness (QED) is 0.409. The first-order valence-corrected chi connectivity index (χ1v) is 2.00. The zero-order valence-electron chi connectivity index (χ0n) is 3.49. The highest BCUT2D eigenvalue weighted by Crippen LogP contribution is 2.30. The summed E-state index contributed by atoms with van der Waals surface area (Å²) in [7, 11) is 0. The molecule has 6 heavy (non-hydrogen) atoms. The molecular weight excluding hydrogens is 74.1 g/mol. The summed E-state index contributed by atoms with van der Waals surface area (Å²) in [6.45, 7) is 0.